The Bertz CT molecular complexity index is 203. The first-order chi connectivity index (χ1) is 4.34. The van der Waals surface area contributed by atoms with Gasteiger partial charge in [0, 0.05) is 6.20 Å². The van der Waals surface area contributed by atoms with Gasteiger partial charge in [-0.3, -0.25) is 4.98 Å². The Labute approximate surface area is 66.3 Å². The third-order valence-corrected chi connectivity index (χ3v) is 1.27. The Kier molecular flexibility index (Phi) is 4.00. The average molecular weight is 160 g/mol. The molecule has 0 aliphatic carbocycles. The zero-order chi connectivity index (χ0) is 6.69. The number of aromatic nitrogens is 1. The van der Waals surface area contributed by atoms with E-state index in [1.165, 1.54) is 0 Å². The summed E-state index contributed by atoms with van der Waals surface area (Å²) in [7, 11) is 0. The van der Waals surface area contributed by atoms with Gasteiger partial charge < -0.3 is 5.11 Å². The SMILES string of the molecule is Cc1cccnc1CO.Cl. The van der Waals surface area contributed by atoms with Crippen molar-refractivity contribution >= 4 is 12.4 Å². The predicted octanol–water partition coefficient (Wildman–Crippen LogP) is 1.30. The lowest BCUT2D eigenvalue weighted by molar-refractivity contribution is 0.276. The second-order valence-electron chi connectivity index (χ2n) is 1.93. The number of nitrogens with zero attached hydrogens (tertiary/aromatic N) is 1. The zero-order valence-electron chi connectivity index (χ0n) is 5.74. The Hall–Kier alpha value is -0.600. The van der Waals surface area contributed by atoms with Crippen LogP contribution in [0.4, 0.5) is 0 Å². The normalized spacial score (nSPS) is 8.60. The van der Waals surface area contributed by atoms with Crippen molar-refractivity contribution in [1.29, 1.82) is 0 Å². The Morgan fingerprint density at radius 1 is 1.60 bits per heavy atom. The standard InChI is InChI=1S/C7H9NO.ClH/c1-6-3-2-4-8-7(6)5-9;/h2-4,9H,5H2,1H3;1H. The molecule has 0 amide bonds. The number of hydrogen-bond acceptors (Lipinski definition) is 2. The summed E-state index contributed by atoms with van der Waals surface area (Å²) < 4.78 is 0. The highest BCUT2D eigenvalue weighted by atomic mass is 35.5. The quantitative estimate of drug-likeness (QED) is 0.670. The summed E-state index contributed by atoms with van der Waals surface area (Å²) in [4.78, 5) is 3.95. The molecule has 0 atom stereocenters. The molecular formula is C7H10ClNO. The van der Waals surface area contributed by atoms with Gasteiger partial charge in [-0.25, -0.2) is 0 Å². The van der Waals surface area contributed by atoms with E-state index in [2.05, 4.69) is 4.98 Å². The highest BCUT2D eigenvalue weighted by Gasteiger charge is 1.92. The van der Waals surface area contributed by atoms with Crippen molar-refractivity contribution in [2.24, 2.45) is 0 Å². The molecule has 1 N–H and O–H groups in total. The topological polar surface area (TPSA) is 33.1 Å². The van der Waals surface area contributed by atoms with Gasteiger partial charge >= 0.3 is 0 Å². The van der Waals surface area contributed by atoms with Gasteiger partial charge in [0.1, 0.15) is 0 Å². The fourth-order valence-electron chi connectivity index (χ4n) is 0.684. The van der Waals surface area contributed by atoms with Crippen LogP contribution in [0, 0.1) is 6.92 Å². The van der Waals surface area contributed by atoms with Crippen LogP contribution < -0.4 is 0 Å². The second kappa shape index (κ2) is 4.25. The van der Waals surface area contributed by atoms with E-state index in [-0.39, 0.29) is 19.0 Å². The number of aliphatic hydroxyl groups is 1. The fraction of sp³-hybridized carbons (Fsp3) is 0.286. The minimum Gasteiger partial charge on any atom is -0.390 e. The van der Waals surface area contributed by atoms with Crippen molar-refractivity contribution < 1.29 is 5.11 Å². The minimum absolute atomic E-state index is 0. The minimum atomic E-state index is 0. The van der Waals surface area contributed by atoms with Crippen molar-refractivity contribution in [2.75, 3.05) is 0 Å². The maximum absolute atomic E-state index is 8.66. The lowest BCUT2D eigenvalue weighted by atomic mass is 10.2. The van der Waals surface area contributed by atoms with E-state index in [9.17, 15) is 0 Å². The van der Waals surface area contributed by atoms with E-state index in [1.54, 1.807) is 6.20 Å². The summed E-state index contributed by atoms with van der Waals surface area (Å²) in [5.74, 6) is 0. The average Bonchev–Trinajstić information content (AvgIpc) is 1.89. The van der Waals surface area contributed by atoms with Crippen LogP contribution in [0.25, 0.3) is 0 Å². The number of hydrogen-bond donors (Lipinski definition) is 1. The smallest absolute Gasteiger partial charge is 0.0855 e. The molecule has 0 spiro atoms. The molecule has 0 aromatic carbocycles. The Morgan fingerprint density at radius 2 is 2.30 bits per heavy atom. The molecule has 0 bridgehead atoms. The highest BCUT2D eigenvalue weighted by Crippen LogP contribution is 2.00. The first-order valence-electron chi connectivity index (χ1n) is 2.86. The van der Waals surface area contributed by atoms with Gasteiger partial charge in [0.05, 0.1) is 12.3 Å². The second-order valence-corrected chi connectivity index (χ2v) is 1.93. The molecule has 0 saturated carbocycles. The molecule has 56 valence electrons. The van der Waals surface area contributed by atoms with Crippen LogP contribution in [0.5, 0.6) is 0 Å². The molecule has 0 aliphatic heterocycles. The number of aliphatic hydroxyl groups excluding tert-OH is 1. The van der Waals surface area contributed by atoms with Crippen LogP contribution >= 0.6 is 12.4 Å². The Balaban J connectivity index is 0.000000810. The fourth-order valence-corrected chi connectivity index (χ4v) is 0.684. The number of aryl methyl sites for hydroxylation is 1. The van der Waals surface area contributed by atoms with Crippen molar-refractivity contribution in [3.05, 3.63) is 29.6 Å². The molecule has 1 aromatic rings. The first-order valence-corrected chi connectivity index (χ1v) is 2.86. The zero-order valence-corrected chi connectivity index (χ0v) is 6.56. The molecule has 1 rings (SSSR count). The summed E-state index contributed by atoms with van der Waals surface area (Å²) in [5.41, 5.74) is 1.80. The van der Waals surface area contributed by atoms with E-state index < -0.39 is 0 Å². The molecule has 0 saturated heterocycles. The number of pyridine rings is 1. The summed E-state index contributed by atoms with van der Waals surface area (Å²) in [6.45, 7) is 1.96. The van der Waals surface area contributed by atoms with Gasteiger partial charge in [-0.2, -0.15) is 0 Å². The van der Waals surface area contributed by atoms with Crippen molar-refractivity contribution in [1.82, 2.24) is 4.98 Å². The van der Waals surface area contributed by atoms with Crippen LogP contribution in [0.1, 0.15) is 11.3 Å². The van der Waals surface area contributed by atoms with Crippen LogP contribution in [0.15, 0.2) is 18.3 Å². The monoisotopic (exact) mass is 159 g/mol. The lowest BCUT2D eigenvalue weighted by Crippen LogP contribution is -1.90. The molecular weight excluding hydrogens is 150 g/mol. The van der Waals surface area contributed by atoms with Gasteiger partial charge in [-0.1, -0.05) is 6.07 Å². The molecule has 0 fully saturated rings. The van der Waals surface area contributed by atoms with Gasteiger partial charge in [0.25, 0.3) is 0 Å². The third-order valence-electron chi connectivity index (χ3n) is 1.27. The van der Waals surface area contributed by atoms with E-state index >= 15 is 0 Å². The molecule has 10 heavy (non-hydrogen) atoms. The highest BCUT2D eigenvalue weighted by molar-refractivity contribution is 5.85. The van der Waals surface area contributed by atoms with Gasteiger partial charge in [-0.05, 0) is 18.6 Å². The van der Waals surface area contributed by atoms with E-state index in [0.29, 0.717) is 0 Å². The molecule has 0 unspecified atom stereocenters. The van der Waals surface area contributed by atoms with Crippen molar-refractivity contribution in [3.8, 4) is 0 Å². The first kappa shape index (κ1) is 9.40. The largest absolute Gasteiger partial charge is 0.390 e. The Morgan fingerprint density at radius 3 is 2.70 bits per heavy atom. The van der Waals surface area contributed by atoms with Crippen molar-refractivity contribution in [3.63, 3.8) is 0 Å². The lowest BCUT2D eigenvalue weighted by Gasteiger charge is -1.96. The molecule has 0 radical (unpaired) electrons. The van der Waals surface area contributed by atoms with E-state index in [1.807, 2.05) is 19.1 Å². The van der Waals surface area contributed by atoms with Gasteiger partial charge in [0.2, 0.25) is 0 Å². The molecule has 2 nitrogen and oxygen atoms in total. The summed E-state index contributed by atoms with van der Waals surface area (Å²) in [5, 5.41) is 8.66. The van der Waals surface area contributed by atoms with E-state index in [4.69, 9.17) is 5.11 Å². The maximum Gasteiger partial charge on any atom is 0.0855 e. The maximum atomic E-state index is 8.66. The molecule has 1 aromatic heterocycles. The number of halogens is 1. The number of rotatable bonds is 1. The van der Waals surface area contributed by atoms with Gasteiger partial charge in [-0.15, -0.1) is 12.4 Å². The van der Waals surface area contributed by atoms with Crippen LogP contribution in [-0.2, 0) is 6.61 Å². The summed E-state index contributed by atoms with van der Waals surface area (Å²) in [6.07, 6.45) is 1.68. The predicted molar refractivity (Wildman–Crippen MR) is 42.1 cm³/mol. The molecule has 0 aliphatic rings. The van der Waals surface area contributed by atoms with Crippen LogP contribution in [0.3, 0.4) is 0 Å². The van der Waals surface area contributed by atoms with Crippen LogP contribution in [0.2, 0.25) is 0 Å². The molecule has 3 heteroatoms. The van der Waals surface area contributed by atoms with Gasteiger partial charge in [0.15, 0.2) is 0 Å². The van der Waals surface area contributed by atoms with Crippen LogP contribution in [-0.4, -0.2) is 10.1 Å². The molecule has 1 heterocycles. The summed E-state index contributed by atoms with van der Waals surface area (Å²) in [6, 6.07) is 3.78. The van der Waals surface area contributed by atoms with E-state index in [0.717, 1.165) is 11.3 Å². The third kappa shape index (κ3) is 1.97. The summed E-state index contributed by atoms with van der Waals surface area (Å²) >= 11 is 0. The van der Waals surface area contributed by atoms with Crippen molar-refractivity contribution in [2.45, 2.75) is 13.5 Å².